The topological polar surface area (TPSA) is 43.1 Å². The van der Waals surface area contributed by atoms with Crippen molar-refractivity contribution in [2.24, 2.45) is 4.99 Å². The zero-order valence-corrected chi connectivity index (χ0v) is 7.53. The van der Waals surface area contributed by atoms with E-state index in [1.165, 1.54) is 0 Å². The van der Waals surface area contributed by atoms with Gasteiger partial charge in [-0.15, -0.1) is 12.4 Å². The van der Waals surface area contributed by atoms with Crippen LogP contribution in [-0.4, -0.2) is 20.7 Å². The van der Waals surface area contributed by atoms with Crippen molar-refractivity contribution in [3.8, 4) is 11.5 Å². The molecule has 0 N–H and O–H groups in total. The number of hydrogen-bond acceptors (Lipinski definition) is 3. The summed E-state index contributed by atoms with van der Waals surface area (Å²) in [6, 6.07) is 1.96. The van der Waals surface area contributed by atoms with Crippen LogP contribution in [0.4, 0.5) is 0 Å². The molecule has 0 aromatic heterocycles. The van der Waals surface area contributed by atoms with Crippen molar-refractivity contribution >= 4 is 18.6 Å². The summed E-state index contributed by atoms with van der Waals surface area (Å²) in [6.45, 7) is 0.694. The highest BCUT2D eigenvalue weighted by molar-refractivity contribution is 5.85. The van der Waals surface area contributed by atoms with Crippen molar-refractivity contribution in [2.45, 2.75) is 6.67 Å². The molecule has 0 radical (unpaired) electrons. The van der Waals surface area contributed by atoms with Crippen LogP contribution in [0.2, 0.25) is 0 Å². The fraction of sp³-hybridized carbons (Fsp3) is 0.125. The first kappa shape index (κ1) is 8.19. The maximum atomic E-state index is 4.19. The second-order valence-electron chi connectivity index (χ2n) is 2.72. The summed E-state index contributed by atoms with van der Waals surface area (Å²) in [4.78, 5) is 12.4. The van der Waals surface area contributed by atoms with E-state index >= 15 is 0 Å². The Labute approximate surface area is 81.1 Å². The first-order chi connectivity index (χ1) is 5.95. The molecule has 13 heavy (non-hydrogen) atoms. The van der Waals surface area contributed by atoms with Crippen LogP contribution >= 0.6 is 12.4 Å². The second-order valence-corrected chi connectivity index (χ2v) is 2.72. The number of rotatable bonds is 0. The van der Waals surface area contributed by atoms with Crippen molar-refractivity contribution in [3.05, 3.63) is 24.2 Å². The molecule has 0 bridgehead atoms. The lowest BCUT2D eigenvalue weighted by atomic mass is 10.3. The molecule has 66 valence electrons. The monoisotopic (exact) mass is 194 g/mol. The number of nitrogens with zero attached hydrogens (tertiary/aromatic N) is 4. The number of hydrogen-bond donors (Lipinski definition) is 0. The van der Waals surface area contributed by atoms with Crippen molar-refractivity contribution in [1.82, 2.24) is 14.5 Å². The van der Waals surface area contributed by atoms with Gasteiger partial charge in [-0.3, -0.25) is 4.99 Å². The van der Waals surface area contributed by atoms with Crippen LogP contribution in [0.3, 0.4) is 0 Å². The van der Waals surface area contributed by atoms with Gasteiger partial charge in [0.25, 0.3) is 0 Å². The molecule has 0 fully saturated rings. The standard InChI is InChI=1S/C8H6N4.ClH/c1-2-10-8-7(1)12-5-9-3-6(12)4-11-8;/h1-4H,5H2;1H. The molecular formula is C8H7ClN4. The van der Waals surface area contributed by atoms with E-state index in [1.54, 1.807) is 12.4 Å². The Kier molecular flexibility index (Phi) is 1.77. The maximum Gasteiger partial charge on any atom is 0.176 e. The Hall–Kier alpha value is -1.42. The Balaban J connectivity index is 0.000000653. The van der Waals surface area contributed by atoms with Gasteiger partial charge in [-0.25, -0.2) is 9.97 Å². The summed E-state index contributed by atoms with van der Waals surface area (Å²) in [5.41, 5.74) is 2.11. The van der Waals surface area contributed by atoms with Gasteiger partial charge >= 0.3 is 0 Å². The smallest absolute Gasteiger partial charge is 0.176 e. The molecule has 3 heterocycles. The molecule has 0 aromatic rings. The molecule has 0 saturated carbocycles. The van der Waals surface area contributed by atoms with Crippen molar-refractivity contribution in [3.63, 3.8) is 0 Å². The minimum atomic E-state index is 0. The molecule has 3 aliphatic rings. The van der Waals surface area contributed by atoms with Crippen LogP contribution in [0.15, 0.2) is 23.5 Å². The van der Waals surface area contributed by atoms with Gasteiger partial charge in [0, 0.05) is 12.4 Å². The van der Waals surface area contributed by atoms with Crippen molar-refractivity contribution < 1.29 is 0 Å². The van der Waals surface area contributed by atoms with Gasteiger partial charge in [-0.1, -0.05) is 0 Å². The molecule has 0 aliphatic carbocycles. The van der Waals surface area contributed by atoms with E-state index in [1.807, 2.05) is 12.3 Å². The predicted molar refractivity (Wildman–Crippen MR) is 51.5 cm³/mol. The molecular weight excluding hydrogens is 188 g/mol. The number of aliphatic imine (C=N–C) groups is 1. The highest BCUT2D eigenvalue weighted by Crippen LogP contribution is 2.20. The van der Waals surface area contributed by atoms with Crippen LogP contribution in [0.25, 0.3) is 11.5 Å². The van der Waals surface area contributed by atoms with Gasteiger partial charge < -0.3 is 4.57 Å². The molecule has 0 aromatic carbocycles. The van der Waals surface area contributed by atoms with E-state index in [0.717, 1.165) is 17.2 Å². The molecule has 0 saturated heterocycles. The van der Waals surface area contributed by atoms with Gasteiger partial charge in [-0.2, -0.15) is 0 Å². The Morgan fingerprint density at radius 3 is 3.15 bits per heavy atom. The van der Waals surface area contributed by atoms with E-state index in [0.29, 0.717) is 6.67 Å². The zero-order chi connectivity index (χ0) is 7.97. The summed E-state index contributed by atoms with van der Waals surface area (Å²) in [5.74, 6) is 0.796. The maximum absolute atomic E-state index is 4.19. The van der Waals surface area contributed by atoms with Gasteiger partial charge in [-0.05, 0) is 6.07 Å². The molecule has 3 aliphatic heterocycles. The van der Waals surface area contributed by atoms with Crippen LogP contribution in [0.1, 0.15) is 5.69 Å². The summed E-state index contributed by atoms with van der Waals surface area (Å²) in [6.07, 6.45) is 5.40. The Morgan fingerprint density at radius 2 is 2.23 bits per heavy atom. The first-order valence-electron chi connectivity index (χ1n) is 3.75. The summed E-state index contributed by atoms with van der Waals surface area (Å²) in [5, 5.41) is 0. The fourth-order valence-electron chi connectivity index (χ4n) is 1.44. The van der Waals surface area contributed by atoms with Crippen molar-refractivity contribution in [1.29, 1.82) is 0 Å². The van der Waals surface area contributed by atoms with Gasteiger partial charge in [0.1, 0.15) is 6.67 Å². The van der Waals surface area contributed by atoms with E-state index in [9.17, 15) is 0 Å². The molecule has 5 heteroatoms. The van der Waals surface area contributed by atoms with E-state index in [2.05, 4.69) is 19.5 Å². The highest BCUT2D eigenvalue weighted by atomic mass is 35.5. The van der Waals surface area contributed by atoms with E-state index in [4.69, 9.17) is 0 Å². The lowest BCUT2D eigenvalue weighted by Gasteiger charge is -2.06. The third-order valence-electron chi connectivity index (χ3n) is 2.03. The lowest BCUT2D eigenvalue weighted by Crippen LogP contribution is -2.03. The quantitative estimate of drug-likeness (QED) is 0.633. The SMILES string of the molecule is C1=NCn2c1cnc1nccc2-1.Cl. The summed E-state index contributed by atoms with van der Waals surface area (Å²) >= 11 is 0. The van der Waals surface area contributed by atoms with Crippen LogP contribution < -0.4 is 0 Å². The minimum absolute atomic E-state index is 0. The third-order valence-corrected chi connectivity index (χ3v) is 2.03. The van der Waals surface area contributed by atoms with Gasteiger partial charge in [0.2, 0.25) is 0 Å². The second kappa shape index (κ2) is 2.81. The third kappa shape index (κ3) is 1.02. The molecule has 0 atom stereocenters. The molecule has 0 amide bonds. The molecule has 0 spiro atoms. The van der Waals surface area contributed by atoms with Gasteiger partial charge in [0.15, 0.2) is 5.82 Å². The first-order valence-corrected chi connectivity index (χ1v) is 3.75. The van der Waals surface area contributed by atoms with Gasteiger partial charge in [0.05, 0.1) is 17.6 Å². The normalized spacial score (nSPS) is 12.9. The zero-order valence-electron chi connectivity index (χ0n) is 6.71. The number of halogens is 1. The number of fused-ring (bicyclic) bond motifs is 3. The molecule has 0 unspecified atom stereocenters. The highest BCUT2D eigenvalue weighted by Gasteiger charge is 2.14. The largest absolute Gasteiger partial charge is 0.315 e. The van der Waals surface area contributed by atoms with Crippen LogP contribution in [0, 0.1) is 0 Å². The van der Waals surface area contributed by atoms with E-state index < -0.39 is 0 Å². The minimum Gasteiger partial charge on any atom is -0.315 e. The fourth-order valence-corrected chi connectivity index (χ4v) is 1.44. The van der Waals surface area contributed by atoms with Crippen molar-refractivity contribution in [2.75, 3.05) is 0 Å². The predicted octanol–water partition coefficient (Wildman–Crippen LogP) is 1.19. The summed E-state index contributed by atoms with van der Waals surface area (Å²) in [7, 11) is 0. The van der Waals surface area contributed by atoms with E-state index in [-0.39, 0.29) is 12.4 Å². The van der Waals surface area contributed by atoms with Crippen LogP contribution in [0.5, 0.6) is 0 Å². The van der Waals surface area contributed by atoms with Crippen LogP contribution in [-0.2, 0) is 6.67 Å². The Morgan fingerprint density at radius 1 is 1.31 bits per heavy atom. The lowest BCUT2D eigenvalue weighted by molar-refractivity contribution is 0.755. The average molecular weight is 195 g/mol. The summed E-state index contributed by atoms with van der Waals surface area (Å²) < 4.78 is 2.09. The number of aromatic nitrogens is 3. The average Bonchev–Trinajstić information content (AvgIpc) is 2.71. The molecule has 3 rings (SSSR count). The Bertz CT molecular complexity index is 434. The molecule has 4 nitrogen and oxygen atoms in total.